The number of carbonyl (C=O) groups excluding carboxylic acids is 1. The van der Waals surface area contributed by atoms with Gasteiger partial charge in [-0.25, -0.2) is 0 Å². The van der Waals surface area contributed by atoms with Crippen LogP contribution in [0.15, 0.2) is 0 Å². The number of carbonyl (C=O) groups is 1. The van der Waals surface area contributed by atoms with Crippen LogP contribution in [0.5, 0.6) is 0 Å². The molecular formula is C10H16O. The molecule has 0 spiro atoms. The molecule has 0 saturated heterocycles. The number of Topliss-reactive ketones (excluding diaryl/α,β-unsaturated/α-hetero) is 1. The molecule has 0 aliphatic carbocycles. The van der Waals surface area contributed by atoms with Gasteiger partial charge in [-0.3, -0.25) is 4.79 Å². The molecule has 1 heteroatoms. The predicted octanol–water partition coefficient (Wildman–Crippen LogP) is 2.26. The SMILES string of the molecule is C#CCC(=O)C(C)C(C)(C)C. The summed E-state index contributed by atoms with van der Waals surface area (Å²) in [5.41, 5.74) is 0.0356. The summed E-state index contributed by atoms with van der Waals surface area (Å²) in [6.45, 7) is 8.07. The van der Waals surface area contributed by atoms with Gasteiger partial charge in [0.1, 0.15) is 5.78 Å². The first-order valence-corrected chi connectivity index (χ1v) is 3.85. The quantitative estimate of drug-likeness (QED) is 0.555. The third-order valence-electron chi connectivity index (χ3n) is 2.06. The van der Waals surface area contributed by atoms with Crippen LogP contribution in [0.4, 0.5) is 0 Å². The molecule has 0 aliphatic heterocycles. The fourth-order valence-corrected chi connectivity index (χ4v) is 0.737. The molecule has 0 aliphatic rings. The van der Waals surface area contributed by atoms with Gasteiger partial charge in [-0.05, 0) is 5.41 Å². The molecule has 0 radical (unpaired) electrons. The molecule has 0 fully saturated rings. The van der Waals surface area contributed by atoms with Crippen LogP contribution in [-0.2, 0) is 4.79 Å². The van der Waals surface area contributed by atoms with Crippen molar-refractivity contribution in [3.8, 4) is 12.3 Å². The van der Waals surface area contributed by atoms with Gasteiger partial charge in [-0.1, -0.05) is 33.6 Å². The zero-order valence-electron chi connectivity index (χ0n) is 7.77. The van der Waals surface area contributed by atoms with E-state index in [-0.39, 0.29) is 23.5 Å². The minimum Gasteiger partial charge on any atom is -0.298 e. The summed E-state index contributed by atoms with van der Waals surface area (Å²) < 4.78 is 0. The maximum Gasteiger partial charge on any atom is 0.148 e. The molecule has 0 aromatic carbocycles. The van der Waals surface area contributed by atoms with Crippen molar-refractivity contribution in [2.75, 3.05) is 0 Å². The van der Waals surface area contributed by atoms with E-state index in [1.165, 1.54) is 0 Å². The van der Waals surface area contributed by atoms with E-state index in [9.17, 15) is 4.79 Å². The molecule has 62 valence electrons. The van der Waals surface area contributed by atoms with Gasteiger partial charge >= 0.3 is 0 Å². The first-order chi connectivity index (χ1) is 4.89. The summed E-state index contributed by atoms with van der Waals surface area (Å²) >= 11 is 0. The molecule has 1 nitrogen and oxygen atoms in total. The fraction of sp³-hybridized carbons (Fsp3) is 0.700. The molecule has 0 aromatic rings. The van der Waals surface area contributed by atoms with E-state index < -0.39 is 0 Å². The van der Waals surface area contributed by atoms with Crippen molar-refractivity contribution in [3.63, 3.8) is 0 Å². The maximum atomic E-state index is 11.2. The van der Waals surface area contributed by atoms with Crippen LogP contribution in [0.3, 0.4) is 0 Å². The second-order valence-corrected chi connectivity index (χ2v) is 3.93. The number of hydrogen-bond donors (Lipinski definition) is 0. The summed E-state index contributed by atoms with van der Waals surface area (Å²) in [7, 11) is 0. The van der Waals surface area contributed by atoms with Gasteiger partial charge < -0.3 is 0 Å². The first kappa shape index (κ1) is 10.2. The van der Waals surface area contributed by atoms with E-state index in [0.29, 0.717) is 0 Å². The highest BCUT2D eigenvalue weighted by atomic mass is 16.1. The topological polar surface area (TPSA) is 17.1 Å². The van der Waals surface area contributed by atoms with E-state index in [4.69, 9.17) is 6.42 Å². The van der Waals surface area contributed by atoms with Gasteiger partial charge in [0, 0.05) is 5.92 Å². The zero-order chi connectivity index (χ0) is 9.07. The maximum absolute atomic E-state index is 11.2. The second kappa shape index (κ2) is 3.57. The van der Waals surface area contributed by atoms with Crippen LogP contribution in [0, 0.1) is 23.7 Å². The summed E-state index contributed by atoms with van der Waals surface area (Å²) in [5.74, 6) is 2.59. The Morgan fingerprint density at radius 1 is 1.55 bits per heavy atom. The Labute approximate surface area is 69.2 Å². The van der Waals surface area contributed by atoms with Crippen molar-refractivity contribution in [3.05, 3.63) is 0 Å². The van der Waals surface area contributed by atoms with Gasteiger partial charge in [0.15, 0.2) is 0 Å². The average molecular weight is 152 g/mol. The van der Waals surface area contributed by atoms with Crippen molar-refractivity contribution in [1.29, 1.82) is 0 Å². The Bertz CT molecular complexity index is 178. The Hall–Kier alpha value is -0.770. The molecule has 1 unspecified atom stereocenters. The van der Waals surface area contributed by atoms with Crippen LogP contribution >= 0.6 is 0 Å². The highest BCUT2D eigenvalue weighted by Gasteiger charge is 2.25. The molecule has 0 aromatic heterocycles. The van der Waals surface area contributed by atoms with Crippen LogP contribution < -0.4 is 0 Å². The summed E-state index contributed by atoms with van der Waals surface area (Å²) in [6, 6.07) is 0. The molecule has 11 heavy (non-hydrogen) atoms. The van der Waals surface area contributed by atoms with E-state index in [2.05, 4.69) is 5.92 Å². The Morgan fingerprint density at radius 3 is 2.27 bits per heavy atom. The molecule has 0 saturated carbocycles. The third-order valence-corrected chi connectivity index (χ3v) is 2.06. The highest BCUT2D eigenvalue weighted by molar-refractivity contribution is 5.83. The zero-order valence-corrected chi connectivity index (χ0v) is 7.77. The van der Waals surface area contributed by atoms with Crippen molar-refractivity contribution >= 4 is 5.78 Å². The van der Waals surface area contributed by atoms with E-state index in [0.717, 1.165) is 0 Å². The number of rotatable bonds is 2. The molecular weight excluding hydrogens is 136 g/mol. The summed E-state index contributed by atoms with van der Waals surface area (Å²) in [4.78, 5) is 11.2. The summed E-state index contributed by atoms with van der Waals surface area (Å²) in [6.07, 6.45) is 5.30. The lowest BCUT2D eigenvalue weighted by Gasteiger charge is -2.25. The Kier molecular flexibility index (Phi) is 3.32. The molecule has 0 N–H and O–H groups in total. The molecule has 0 amide bonds. The largest absolute Gasteiger partial charge is 0.298 e. The van der Waals surface area contributed by atoms with E-state index >= 15 is 0 Å². The van der Waals surface area contributed by atoms with Crippen molar-refractivity contribution in [1.82, 2.24) is 0 Å². The number of hydrogen-bond acceptors (Lipinski definition) is 1. The van der Waals surface area contributed by atoms with Gasteiger partial charge in [0.05, 0.1) is 6.42 Å². The van der Waals surface area contributed by atoms with E-state index in [1.54, 1.807) is 0 Å². The van der Waals surface area contributed by atoms with Gasteiger partial charge in [-0.2, -0.15) is 0 Å². The smallest absolute Gasteiger partial charge is 0.148 e. The molecule has 0 rings (SSSR count). The van der Waals surface area contributed by atoms with Crippen molar-refractivity contribution in [2.45, 2.75) is 34.1 Å². The normalized spacial score (nSPS) is 13.7. The Balaban J connectivity index is 4.17. The van der Waals surface area contributed by atoms with Crippen molar-refractivity contribution < 1.29 is 4.79 Å². The number of terminal acetylenes is 1. The van der Waals surface area contributed by atoms with Crippen LogP contribution in [0.25, 0.3) is 0 Å². The van der Waals surface area contributed by atoms with Crippen LogP contribution in [-0.4, -0.2) is 5.78 Å². The molecule has 1 atom stereocenters. The minimum atomic E-state index is 0.0356. The van der Waals surface area contributed by atoms with Crippen LogP contribution in [0.2, 0.25) is 0 Å². The van der Waals surface area contributed by atoms with Gasteiger partial charge in [0.2, 0.25) is 0 Å². The van der Waals surface area contributed by atoms with Crippen molar-refractivity contribution in [2.24, 2.45) is 11.3 Å². The highest BCUT2D eigenvalue weighted by Crippen LogP contribution is 2.26. The standard InChI is InChI=1S/C10H16O/c1-6-7-9(11)8(2)10(3,4)5/h1,8H,7H2,2-5H3. The predicted molar refractivity (Wildman–Crippen MR) is 47.1 cm³/mol. The van der Waals surface area contributed by atoms with Gasteiger partial charge in [-0.15, -0.1) is 6.42 Å². The molecule has 0 bridgehead atoms. The monoisotopic (exact) mass is 152 g/mol. The summed E-state index contributed by atoms with van der Waals surface area (Å²) in [5, 5.41) is 0. The Morgan fingerprint density at radius 2 is 2.00 bits per heavy atom. The lowest BCUT2D eigenvalue weighted by Crippen LogP contribution is -2.25. The minimum absolute atomic E-state index is 0.0356. The lowest BCUT2D eigenvalue weighted by atomic mass is 9.79. The van der Waals surface area contributed by atoms with Gasteiger partial charge in [0.25, 0.3) is 0 Å². The average Bonchev–Trinajstić information content (AvgIpc) is 1.85. The second-order valence-electron chi connectivity index (χ2n) is 3.93. The third kappa shape index (κ3) is 3.23. The molecule has 0 heterocycles. The fourth-order valence-electron chi connectivity index (χ4n) is 0.737. The first-order valence-electron chi connectivity index (χ1n) is 3.85. The van der Waals surface area contributed by atoms with E-state index in [1.807, 2.05) is 27.7 Å². The lowest BCUT2D eigenvalue weighted by molar-refractivity contribution is -0.124. The number of ketones is 1. The van der Waals surface area contributed by atoms with Crippen LogP contribution in [0.1, 0.15) is 34.1 Å².